The highest BCUT2D eigenvalue weighted by Gasteiger charge is 2.45. The van der Waals surface area contributed by atoms with E-state index in [1.54, 1.807) is 26.3 Å². The maximum Gasteiger partial charge on any atom is 0.317 e. The van der Waals surface area contributed by atoms with Gasteiger partial charge in [0.25, 0.3) is 0 Å². The van der Waals surface area contributed by atoms with Gasteiger partial charge in [-0.2, -0.15) is 0 Å². The zero-order valence-electron chi connectivity index (χ0n) is 25.2. The van der Waals surface area contributed by atoms with Crippen molar-refractivity contribution < 1.29 is 18.7 Å². The average molecular weight is 593 g/mol. The van der Waals surface area contributed by atoms with Crippen molar-refractivity contribution in [2.75, 3.05) is 33.9 Å². The molecule has 3 atom stereocenters. The Balaban J connectivity index is 1.88. The number of carbonyl (C=O) groups is 2. The van der Waals surface area contributed by atoms with Gasteiger partial charge in [0, 0.05) is 58.0 Å². The second-order valence-corrected chi connectivity index (χ2v) is 12.2. The lowest BCUT2D eigenvalue weighted by Crippen LogP contribution is -2.58. The fourth-order valence-corrected chi connectivity index (χ4v) is 6.93. The highest BCUT2D eigenvalue weighted by atomic mass is 35.5. The molecule has 41 heavy (non-hydrogen) atoms. The number of carbonyl (C=O) groups excluding carboxylic acids is 2. The van der Waals surface area contributed by atoms with E-state index in [1.807, 2.05) is 18.0 Å². The average Bonchev–Trinajstić information content (AvgIpc) is 2.97. The molecule has 3 rings (SSSR count). The summed E-state index contributed by atoms with van der Waals surface area (Å²) >= 11 is 6.29. The van der Waals surface area contributed by atoms with Crippen LogP contribution in [0.5, 0.6) is 0 Å². The van der Waals surface area contributed by atoms with Crippen molar-refractivity contribution >= 4 is 29.8 Å². The molecule has 1 aliphatic heterocycles. The summed E-state index contributed by atoms with van der Waals surface area (Å²) in [6.45, 7) is 3.56. The smallest absolute Gasteiger partial charge is 0.317 e. The first kappa shape index (κ1) is 33.3. The minimum Gasteiger partial charge on any atom is -0.385 e. The van der Waals surface area contributed by atoms with Crippen LogP contribution in [0.15, 0.2) is 23.2 Å². The normalized spacial score (nSPS) is 20.5. The van der Waals surface area contributed by atoms with Crippen LogP contribution >= 0.6 is 11.6 Å². The maximum atomic E-state index is 15.8. The Labute approximate surface area is 251 Å². The van der Waals surface area contributed by atoms with E-state index in [-0.39, 0.29) is 28.9 Å². The number of nitrogens with one attached hydrogen (secondary N) is 2. The number of rotatable bonds is 14. The Kier molecular flexibility index (Phi) is 13.9. The Hall–Kier alpha value is -2.19. The van der Waals surface area contributed by atoms with Crippen molar-refractivity contribution in [1.82, 2.24) is 15.5 Å². The van der Waals surface area contributed by atoms with Crippen LogP contribution in [-0.4, -0.2) is 62.9 Å². The van der Waals surface area contributed by atoms with E-state index in [1.165, 1.54) is 38.2 Å². The summed E-state index contributed by atoms with van der Waals surface area (Å²) in [7, 11) is 3.41. The lowest BCUT2D eigenvalue weighted by atomic mass is 9.70. The molecule has 7 nitrogen and oxygen atoms in total. The molecule has 0 aromatic heterocycles. The van der Waals surface area contributed by atoms with Crippen molar-refractivity contribution in [3.63, 3.8) is 0 Å². The molecule has 3 amide bonds. The number of ether oxygens (including phenoxy) is 1. The quantitative estimate of drug-likeness (QED) is 0.183. The number of aliphatic imine (C=N–C) groups is 1. The van der Waals surface area contributed by atoms with Crippen molar-refractivity contribution in [2.45, 2.75) is 102 Å². The number of nitrogens with zero attached hydrogens (tertiary/aromatic N) is 2. The number of likely N-dealkylation sites (tertiary alicyclic amines) is 1. The van der Waals surface area contributed by atoms with Gasteiger partial charge in [0.15, 0.2) is 0 Å². The lowest BCUT2D eigenvalue weighted by molar-refractivity contribution is -0.124. The number of hydrogen-bond donors (Lipinski definition) is 2. The number of amides is 3. The molecule has 9 heteroatoms. The number of piperidine rings is 1. The fraction of sp³-hybridized carbons (Fsp3) is 0.719. The number of methoxy groups -OCH3 is 1. The third-order valence-electron chi connectivity index (χ3n) is 8.80. The van der Waals surface area contributed by atoms with Crippen molar-refractivity contribution in [2.24, 2.45) is 16.8 Å². The second-order valence-electron chi connectivity index (χ2n) is 11.8. The highest BCUT2D eigenvalue weighted by Crippen LogP contribution is 2.42. The molecule has 1 aliphatic carbocycles. The fourth-order valence-electron chi connectivity index (χ4n) is 6.76. The minimum absolute atomic E-state index is 0.0309. The van der Waals surface area contributed by atoms with Crippen LogP contribution in [0.2, 0.25) is 5.02 Å². The van der Waals surface area contributed by atoms with Crippen molar-refractivity contribution in [3.8, 4) is 0 Å². The van der Waals surface area contributed by atoms with E-state index in [4.69, 9.17) is 16.3 Å². The topological polar surface area (TPSA) is 83.0 Å². The van der Waals surface area contributed by atoms with Gasteiger partial charge in [-0.05, 0) is 56.9 Å². The van der Waals surface area contributed by atoms with Crippen molar-refractivity contribution in [3.05, 3.63) is 34.6 Å². The van der Waals surface area contributed by atoms with E-state index in [0.29, 0.717) is 50.4 Å². The third-order valence-corrected chi connectivity index (χ3v) is 9.09. The monoisotopic (exact) mass is 592 g/mol. The molecule has 1 aromatic rings. The predicted molar refractivity (Wildman–Crippen MR) is 164 cm³/mol. The van der Waals surface area contributed by atoms with E-state index in [0.717, 1.165) is 32.1 Å². The summed E-state index contributed by atoms with van der Waals surface area (Å²) in [5.74, 6) is -0.215. The second kappa shape index (κ2) is 17.1. The Morgan fingerprint density at radius 3 is 2.71 bits per heavy atom. The Bertz CT molecular complexity index is 1000. The molecule has 1 saturated carbocycles. The minimum atomic E-state index is -1.000. The summed E-state index contributed by atoms with van der Waals surface area (Å²) in [5.41, 5.74) is -0.604. The molecule has 2 N–H and O–H groups in total. The van der Waals surface area contributed by atoms with Gasteiger partial charge in [-0.15, -0.1) is 0 Å². The summed E-state index contributed by atoms with van der Waals surface area (Å²) in [4.78, 5) is 32.9. The van der Waals surface area contributed by atoms with Gasteiger partial charge in [-0.25, -0.2) is 9.18 Å². The van der Waals surface area contributed by atoms with Crippen LogP contribution in [-0.2, 0) is 15.1 Å². The molecule has 0 unspecified atom stereocenters. The molecule has 1 saturated heterocycles. The van der Waals surface area contributed by atoms with Crippen molar-refractivity contribution in [1.29, 1.82) is 0 Å². The molecule has 230 valence electrons. The van der Waals surface area contributed by atoms with E-state index >= 15 is 4.39 Å². The van der Waals surface area contributed by atoms with Crippen LogP contribution in [0.4, 0.5) is 9.18 Å². The maximum absolute atomic E-state index is 15.8. The first-order valence-corrected chi connectivity index (χ1v) is 15.9. The molecule has 1 heterocycles. The van der Waals surface area contributed by atoms with E-state index < -0.39 is 11.4 Å². The van der Waals surface area contributed by atoms with E-state index in [9.17, 15) is 9.59 Å². The molecular formula is C32H50ClFN4O3. The molecule has 1 aromatic carbocycles. The number of unbranched alkanes of at least 4 members (excludes halogenated alkanes) is 1. The molecular weight excluding hydrogens is 543 g/mol. The number of hydrogen-bond acceptors (Lipinski definition) is 4. The van der Waals surface area contributed by atoms with Crippen LogP contribution in [0.1, 0.15) is 96.0 Å². The summed E-state index contributed by atoms with van der Waals surface area (Å²) in [6.07, 6.45) is 13.5. The van der Waals surface area contributed by atoms with Gasteiger partial charge in [0.1, 0.15) is 5.82 Å². The zero-order valence-corrected chi connectivity index (χ0v) is 26.0. The number of halogens is 2. The summed E-state index contributed by atoms with van der Waals surface area (Å²) < 4.78 is 21.1. The van der Waals surface area contributed by atoms with Gasteiger partial charge >= 0.3 is 6.03 Å². The zero-order chi connectivity index (χ0) is 29.7. The first-order chi connectivity index (χ1) is 19.8. The van der Waals surface area contributed by atoms with Crippen LogP contribution in [0.3, 0.4) is 0 Å². The largest absolute Gasteiger partial charge is 0.385 e. The van der Waals surface area contributed by atoms with Gasteiger partial charge in [0.05, 0.1) is 16.6 Å². The highest BCUT2D eigenvalue weighted by molar-refractivity contribution is 6.30. The third kappa shape index (κ3) is 9.40. The van der Waals surface area contributed by atoms with Crippen LogP contribution in [0, 0.1) is 17.7 Å². The van der Waals surface area contributed by atoms with Crippen LogP contribution < -0.4 is 10.6 Å². The van der Waals surface area contributed by atoms with E-state index in [2.05, 4.69) is 15.6 Å². The molecule has 0 spiro atoms. The molecule has 2 fully saturated rings. The molecule has 0 radical (unpaired) electrons. The summed E-state index contributed by atoms with van der Waals surface area (Å²) in [6, 6.07) is 4.76. The SMILES string of the molecule is CCCC(=O)N[C@](CCCCOC)(c1cccc(Cl)c1F)[C@@H]1CCCN(C(=O)N[C@H](C=NC)CC2CCCCC2)C1. The van der Waals surface area contributed by atoms with Gasteiger partial charge in [-0.3, -0.25) is 9.79 Å². The first-order valence-electron chi connectivity index (χ1n) is 15.6. The van der Waals surface area contributed by atoms with Gasteiger partial charge in [0.2, 0.25) is 5.91 Å². The standard InChI is InChI=1S/C32H50ClFN4O3/c1-4-12-29(39)37-32(18-8-9-20-41-3,27-16-10-17-28(33)30(27)34)25-15-11-19-38(23-25)31(40)36-26(22-35-2)21-24-13-6-5-7-14-24/h10,16-17,22,24-26H,4-9,11-15,18-21,23H2,1-3H3,(H,36,40)(H,37,39)/t25-,26+,32+/m1/s1. The molecule has 0 bridgehead atoms. The predicted octanol–water partition coefficient (Wildman–Crippen LogP) is 6.87. The summed E-state index contributed by atoms with van der Waals surface area (Å²) in [5, 5.41) is 6.54. The van der Waals surface area contributed by atoms with Gasteiger partial charge < -0.3 is 20.3 Å². The lowest BCUT2D eigenvalue weighted by Gasteiger charge is -2.47. The van der Waals surface area contributed by atoms with Crippen LogP contribution in [0.25, 0.3) is 0 Å². The Morgan fingerprint density at radius 2 is 2.00 bits per heavy atom. The Morgan fingerprint density at radius 1 is 1.22 bits per heavy atom. The number of benzene rings is 1. The molecule has 2 aliphatic rings. The number of urea groups is 1. The van der Waals surface area contributed by atoms with Gasteiger partial charge in [-0.1, -0.05) is 62.8 Å².